The first-order chi connectivity index (χ1) is 20.2. The molecule has 5 rings (SSSR count). The van der Waals surface area contributed by atoms with E-state index in [2.05, 4.69) is 29.3 Å². The van der Waals surface area contributed by atoms with Gasteiger partial charge in [-0.05, 0) is 53.7 Å². The van der Waals surface area contributed by atoms with E-state index in [1.807, 2.05) is 60.7 Å². The number of alkyl halides is 3. The van der Waals surface area contributed by atoms with Crippen molar-refractivity contribution in [2.75, 3.05) is 19.6 Å². The molecule has 0 aliphatic carbocycles. The van der Waals surface area contributed by atoms with Crippen LogP contribution in [0.15, 0.2) is 72.8 Å². The molecule has 4 atom stereocenters. The summed E-state index contributed by atoms with van der Waals surface area (Å²) < 4.78 is 11.3. The molecule has 0 spiro atoms. The number of carbonyl (C=O) groups excluding carboxylic acids is 1. The van der Waals surface area contributed by atoms with E-state index in [0.717, 1.165) is 53.0 Å². The topological polar surface area (TPSA) is 71.0 Å². The predicted octanol–water partition coefficient (Wildman–Crippen LogP) is 7.11. The van der Waals surface area contributed by atoms with Crippen molar-refractivity contribution in [1.82, 2.24) is 10.2 Å². The minimum Gasteiger partial charge on any atom is -0.392 e. The van der Waals surface area contributed by atoms with Gasteiger partial charge in [-0.2, -0.15) is 0 Å². The maximum atomic E-state index is 12.1. The fourth-order valence-electron chi connectivity index (χ4n) is 5.78. The molecule has 42 heavy (non-hydrogen) atoms. The molecule has 1 amide bonds. The second-order valence-electron chi connectivity index (χ2n) is 11.1. The molecule has 224 valence electrons. The molecule has 0 aromatic heterocycles. The second-order valence-corrected chi connectivity index (χ2v) is 13.4. The molecule has 9 heteroatoms. The molecule has 2 aliphatic heterocycles. The Morgan fingerprint density at radius 3 is 2.26 bits per heavy atom. The first-order valence-corrected chi connectivity index (χ1v) is 15.6. The van der Waals surface area contributed by atoms with Crippen LogP contribution in [0.4, 0.5) is 0 Å². The molecule has 2 N–H and O–H groups in total. The molecule has 2 heterocycles. The summed E-state index contributed by atoms with van der Waals surface area (Å²) in [5.74, 6) is -0.518. The van der Waals surface area contributed by atoms with E-state index in [9.17, 15) is 9.90 Å². The van der Waals surface area contributed by atoms with Gasteiger partial charge in [0.15, 0.2) is 6.29 Å². The highest BCUT2D eigenvalue weighted by atomic mass is 35.6. The summed E-state index contributed by atoms with van der Waals surface area (Å²) in [6.07, 6.45) is 3.08. The quantitative estimate of drug-likeness (QED) is 0.259. The maximum absolute atomic E-state index is 12.1. The Labute approximate surface area is 262 Å². The minimum atomic E-state index is -2.02. The van der Waals surface area contributed by atoms with Gasteiger partial charge in [-0.15, -0.1) is 0 Å². The van der Waals surface area contributed by atoms with Crippen LogP contribution < -0.4 is 5.32 Å². The standard InChI is InChI=1S/C33H37Cl3N2O4/c1-22-29(20-38-17-5-2-6-18-38)41-31(42-30(22)25-11-9-23(21-39)10-12-25)26-15-13-24(14-16-26)28-8-4-3-7-27(28)19-37-32(40)33(34,35)36/h3-4,7-16,22,29-31,39H,2,5-6,17-21H2,1H3,(H,37,40)/t22-,29+,30+,31+/m0/s1. The molecular formula is C33H37Cl3N2O4. The van der Waals surface area contributed by atoms with E-state index in [4.69, 9.17) is 44.3 Å². The Hall–Kier alpha value is -2.16. The maximum Gasteiger partial charge on any atom is 0.272 e. The number of aliphatic hydroxyl groups is 1. The van der Waals surface area contributed by atoms with E-state index < -0.39 is 16.0 Å². The average molecular weight is 632 g/mol. The lowest BCUT2D eigenvalue weighted by Gasteiger charge is -2.43. The fourth-order valence-corrected chi connectivity index (χ4v) is 5.98. The van der Waals surface area contributed by atoms with Gasteiger partial charge in [-0.25, -0.2) is 0 Å². The van der Waals surface area contributed by atoms with Crippen molar-refractivity contribution in [3.63, 3.8) is 0 Å². The molecule has 2 aliphatic rings. The van der Waals surface area contributed by atoms with Crippen LogP contribution >= 0.6 is 34.8 Å². The van der Waals surface area contributed by atoms with Gasteiger partial charge in [0.05, 0.1) is 18.8 Å². The molecule has 6 nitrogen and oxygen atoms in total. The molecule has 2 fully saturated rings. The smallest absolute Gasteiger partial charge is 0.272 e. The summed E-state index contributed by atoms with van der Waals surface area (Å²) in [6.45, 7) is 5.52. The van der Waals surface area contributed by atoms with E-state index in [1.165, 1.54) is 19.3 Å². The largest absolute Gasteiger partial charge is 0.392 e. The van der Waals surface area contributed by atoms with Crippen LogP contribution in [0.2, 0.25) is 0 Å². The van der Waals surface area contributed by atoms with E-state index >= 15 is 0 Å². The summed E-state index contributed by atoms with van der Waals surface area (Å²) in [4.78, 5) is 14.6. The third-order valence-electron chi connectivity index (χ3n) is 8.22. The van der Waals surface area contributed by atoms with Crippen LogP contribution in [0, 0.1) is 5.92 Å². The fraction of sp³-hybridized carbons (Fsp3) is 0.424. The van der Waals surface area contributed by atoms with E-state index in [1.54, 1.807) is 0 Å². The van der Waals surface area contributed by atoms with Crippen LogP contribution in [-0.4, -0.2) is 45.4 Å². The SMILES string of the molecule is C[C@H]1[C@@H](CN2CCCCC2)O[C@@H](c2ccc(-c3ccccc3CNC(=O)C(Cl)(Cl)Cl)cc2)O[C@H]1c1ccc(CO)cc1. The first kappa shape index (κ1) is 31.3. The third-order valence-corrected chi connectivity index (χ3v) is 8.73. The predicted molar refractivity (Wildman–Crippen MR) is 167 cm³/mol. The highest BCUT2D eigenvalue weighted by Gasteiger charge is 2.39. The number of nitrogens with zero attached hydrogens (tertiary/aromatic N) is 1. The highest BCUT2D eigenvalue weighted by molar-refractivity contribution is 6.76. The van der Waals surface area contributed by atoms with Gasteiger partial charge < -0.3 is 24.8 Å². The zero-order valence-corrected chi connectivity index (χ0v) is 25.9. The van der Waals surface area contributed by atoms with Crippen LogP contribution in [-0.2, 0) is 27.4 Å². The number of amides is 1. The third kappa shape index (κ3) is 7.67. The van der Waals surface area contributed by atoms with Gasteiger partial charge in [0.2, 0.25) is 0 Å². The molecule has 0 bridgehead atoms. The molecule has 0 radical (unpaired) electrons. The number of hydrogen-bond acceptors (Lipinski definition) is 5. The number of nitrogens with one attached hydrogen (secondary N) is 1. The summed E-state index contributed by atoms with van der Waals surface area (Å²) in [5.41, 5.74) is 5.76. The lowest BCUT2D eigenvalue weighted by molar-refractivity contribution is -0.276. The number of carbonyl (C=O) groups is 1. The van der Waals surface area contributed by atoms with Gasteiger partial charge in [0.1, 0.15) is 0 Å². The average Bonchev–Trinajstić information content (AvgIpc) is 3.01. The molecule has 0 saturated carbocycles. The molecule has 0 unspecified atom stereocenters. The van der Waals surface area contributed by atoms with Crippen LogP contribution in [0.25, 0.3) is 11.1 Å². The van der Waals surface area contributed by atoms with Crippen molar-refractivity contribution < 1.29 is 19.4 Å². The monoisotopic (exact) mass is 630 g/mol. The summed E-state index contributed by atoms with van der Waals surface area (Å²) in [5, 5.41) is 12.2. The van der Waals surface area contributed by atoms with Crippen molar-refractivity contribution in [2.24, 2.45) is 5.92 Å². The van der Waals surface area contributed by atoms with Gasteiger partial charge >= 0.3 is 0 Å². The number of likely N-dealkylation sites (tertiary alicyclic amines) is 1. The van der Waals surface area contributed by atoms with E-state index in [0.29, 0.717) is 0 Å². The Bertz CT molecular complexity index is 1320. The number of benzene rings is 3. The molecule has 3 aromatic rings. The Morgan fingerprint density at radius 2 is 1.60 bits per heavy atom. The summed E-state index contributed by atoms with van der Waals surface area (Å²) in [6, 6.07) is 24.0. The number of rotatable bonds is 8. The lowest BCUT2D eigenvalue weighted by atomic mass is 9.89. The number of ether oxygens (including phenoxy) is 2. The normalized spacial score (nSPS) is 23.5. The van der Waals surface area contributed by atoms with Gasteiger partial charge in [0.25, 0.3) is 9.70 Å². The molecular weight excluding hydrogens is 595 g/mol. The molecule has 3 aromatic carbocycles. The molecule has 2 saturated heterocycles. The van der Waals surface area contributed by atoms with Crippen molar-refractivity contribution in [3.05, 3.63) is 95.1 Å². The number of halogens is 3. The zero-order chi connectivity index (χ0) is 29.7. The van der Waals surface area contributed by atoms with Crippen LogP contribution in [0.3, 0.4) is 0 Å². The van der Waals surface area contributed by atoms with Gasteiger partial charge in [-0.1, -0.05) is 121 Å². The summed E-state index contributed by atoms with van der Waals surface area (Å²) >= 11 is 17.2. The van der Waals surface area contributed by atoms with Crippen molar-refractivity contribution in [3.8, 4) is 11.1 Å². The lowest BCUT2D eigenvalue weighted by Crippen LogP contribution is -2.45. The number of hydrogen-bond donors (Lipinski definition) is 2. The number of aliphatic hydroxyl groups excluding tert-OH is 1. The highest BCUT2D eigenvalue weighted by Crippen LogP contribution is 2.42. The minimum absolute atomic E-state index is 0.00583. The van der Waals surface area contributed by atoms with Crippen molar-refractivity contribution >= 4 is 40.7 Å². The number of piperidine rings is 1. The second kappa shape index (κ2) is 14.1. The van der Waals surface area contributed by atoms with Crippen LogP contribution in [0.1, 0.15) is 60.8 Å². The zero-order valence-electron chi connectivity index (χ0n) is 23.6. The van der Waals surface area contributed by atoms with Gasteiger partial charge in [0, 0.05) is 24.6 Å². The Kier molecular flexibility index (Phi) is 10.5. The van der Waals surface area contributed by atoms with Crippen molar-refractivity contribution in [1.29, 1.82) is 0 Å². The first-order valence-electron chi connectivity index (χ1n) is 14.5. The van der Waals surface area contributed by atoms with E-state index in [-0.39, 0.29) is 31.3 Å². The summed E-state index contributed by atoms with van der Waals surface area (Å²) in [7, 11) is 0. The van der Waals surface area contributed by atoms with Gasteiger partial charge in [-0.3, -0.25) is 4.79 Å². The Balaban J connectivity index is 1.37. The Morgan fingerprint density at radius 1 is 0.929 bits per heavy atom. The van der Waals surface area contributed by atoms with Crippen molar-refractivity contribution in [2.45, 2.75) is 61.6 Å². The van der Waals surface area contributed by atoms with Crippen LogP contribution in [0.5, 0.6) is 0 Å².